The lowest BCUT2D eigenvalue weighted by molar-refractivity contribution is 0.151. The zero-order valence-corrected chi connectivity index (χ0v) is 17.4. The summed E-state index contributed by atoms with van der Waals surface area (Å²) >= 11 is 0. The van der Waals surface area contributed by atoms with E-state index in [4.69, 9.17) is 0 Å². The summed E-state index contributed by atoms with van der Waals surface area (Å²) < 4.78 is 1.68. The van der Waals surface area contributed by atoms with Crippen LogP contribution in [0.25, 0.3) is 11.0 Å². The minimum Gasteiger partial charge on any atom is -0.316 e. The van der Waals surface area contributed by atoms with E-state index < -0.39 is 11.1 Å². The largest absolute Gasteiger partial charge is 0.316 e. The van der Waals surface area contributed by atoms with Gasteiger partial charge in [-0.15, -0.1) is 0 Å². The molecule has 0 radical (unpaired) electrons. The number of benzene rings is 1. The van der Waals surface area contributed by atoms with Crippen molar-refractivity contribution in [2.24, 2.45) is 0 Å². The Bertz CT molecular complexity index is 1030. The number of H-pyrrole nitrogens is 1. The maximum Gasteiger partial charge on any atom is 0.316 e. The molecule has 0 saturated heterocycles. The fraction of sp³-hybridized carbons (Fsp3) is 0.500. The molecule has 0 amide bonds. The molecule has 1 aliphatic heterocycles. The molecule has 0 bridgehead atoms. The van der Waals surface area contributed by atoms with E-state index in [0.29, 0.717) is 17.6 Å². The standard InChI is InChI=1S/C24H31N3O2/c1-17-14-15-20(26(17)19-10-6-4-3-5-7-11-19)16-18(2)27-22-13-9-8-12-21(22)25-23(28)24(27)29/h6,8-10,12-15,17-20H,3-5,7,11,16H2,1-2H3,(H,25,28)/b10-6-/t17-,18-,19?,20-/m0/s1. The van der Waals surface area contributed by atoms with Gasteiger partial charge in [0.2, 0.25) is 0 Å². The Labute approximate surface area is 171 Å². The van der Waals surface area contributed by atoms with Crippen LogP contribution in [0.3, 0.4) is 0 Å². The fourth-order valence-electron chi connectivity index (χ4n) is 5.01. The van der Waals surface area contributed by atoms with Crippen molar-refractivity contribution in [2.45, 2.75) is 76.5 Å². The first-order valence-corrected chi connectivity index (χ1v) is 10.9. The zero-order chi connectivity index (χ0) is 20.4. The first kappa shape index (κ1) is 19.9. The van der Waals surface area contributed by atoms with Gasteiger partial charge < -0.3 is 4.98 Å². The van der Waals surface area contributed by atoms with Crippen molar-refractivity contribution in [1.82, 2.24) is 14.5 Å². The number of para-hydroxylation sites is 2. The molecule has 5 nitrogen and oxygen atoms in total. The molecular formula is C24H31N3O2. The van der Waals surface area contributed by atoms with Crippen LogP contribution < -0.4 is 11.1 Å². The highest BCUT2D eigenvalue weighted by Crippen LogP contribution is 2.30. The summed E-state index contributed by atoms with van der Waals surface area (Å²) in [6, 6.07) is 8.55. The molecule has 0 fully saturated rings. The predicted octanol–water partition coefficient (Wildman–Crippen LogP) is 4.16. The number of allylic oxidation sites excluding steroid dienone is 1. The highest BCUT2D eigenvalue weighted by atomic mass is 16.2. The highest BCUT2D eigenvalue weighted by molar-refractivity contribution is 5.74. The van der Waals surface area contributed by atoms with Crippen LogP contribution in [0.2, 0.25) is 0 Å². The summed E-state index contributed by atoms with van der Waals surface area (Å²) in [4.78, 5) is 30.2. The molecular weight excluding hydrogens is 362 g/mol. The molecule has 4 rings (SSSR count). The minimum atomic E-state index is -0.550. The number of hydrogen-bond donors (Lipinski definition) is 1. The third-order valence-electron chi connectivity index (χ3n) is 6.43. The molecule has 5 heteroatoms. The van der Waals surface area contributed by atoms with Gasteiger partial charge in [0.05, 0.1) is 11.0 Å². The SMILES string of the molecule is C[C@H]1C=C[C@@H](C[C@H](C)n2c(=O)c(=O)[nH]c3ccccc32)N1C1/C=C\CCCCC1. The van der Waals surface area contributed by atoms with Gasteiger partial charge in [0.15, 0.2) is 0 Å². The van der Waals surface area contributed by atoms with Crippen molar-refractivity contribution in [3.63, 3.8) is 0 Å². The van der Waals surface area contributed by atoms with Crippen LogP contribution in [-0.4, -0.2) is 32.6 Å². The summed E-state index contributed by atoms with van der Waals surface area (Å²) in [5.41, 5.74) is 0.477. The van der Waals surface area contributed by atoms with Crippen LogP contribution in [-0.2, 0) is 0 Å². The predicted molar refractivity (Wildman–Crippen MR) is 118 cm³/mol. The fourth-order valence-corrected chi connectivity index (χ4v) is 5.01. The molecule has 2 heterocycles. The van der Waals surface area contributed by atoms with Crippen LogP contribution in [0.5, 0.6) is 0 Å². The smallest absolute Gasteiger partial charge is 0.316 e. The number of aromatic nitrogens is 2. The number of fused-ring (bicyclic) bond motifs is 1. The van der Waals surface area contributed by atoms with E-state index in [1.807, 2.05) is 24.3 Å². The van der Waals surface area contributed by atoms with Crippen molar-refractivity contribution in [1.29, 1.82) is 0 Å². The van der Waals surface area contributed by atoms with Crippen molar-refractivity contribution in [3.8, 4) is 0 Å². The molecule has 1 N–H and O–H groups in total. The molecule has 1 aromatic heterocycles. The Morgan fingerprint density at radius 2 is 1.93 bits per heavy atom. The van der Waals surface area contributed by atoms with Gasteiger partial charge in [0, 0.05) is 24.2 Å². The maximum atomic E-state index is 12.7. The Morgan fingerprint density at radius 1 is 1.10 bits per heavy atom. The number of rotatable bonds is 4. The average molecular weight is 394 g/mol. The third-order valence-corrected chi connectivity index (χ3v) is 6.43. The second-order valence-electron chi connectivity index (χ2n) is 8.50. The first-order valence-electron chi connectivity index (χ1n) is 10.9. The van der Waals surface area contributed by atoms with Gasteiger partial charge in [-0.1, -0.05) is 49.3 Å². The second kappa shape index (κ2) is 8.54. The van der Waals surface area contributed by atoms with Crippen molar-refractivity contribution in [3.05, 3.63) is 69.3 Å². The first-order chi connectivity index (χ1) is 14.1. The van der Waals surface area contributed by atoms with Crippen LogP contribution in [0.4, 0.5) is 0 Å². The molecule has 154 valence electrons. The van der Waals surface area contributed by atoms with E-state index in [-0.39, 0.29) is 12.1 Å². The molecule has 1 aromatic carbocycles. The number of hydrogen-bond acceptors (Lipinski definition) is 3. The number of aromatic amines is 1. The molecule has 29 heavy (non-hydrogen) atoms. The molecule has 0 spiro atoms. The van der Waals surface area contributed by atoms with Crippen LogP contribution >= 0.6 is 0 Å². The normalized spacial score (nSPS) is 27.6. The molecule has 0 saturated carbocycles. The van der Waals surface area contributed by atoms with Crippen molar-refractivity contribution >= 4 is 11.0 Å². The molecule has 1 unspecified atom stereocenters. The van der Waals surface area contributed by atoms with Crippen LogP contribution in [0, 0.1) is 0 Å². The van der Waals surface area contributed by atoms with E-state index in [1.54, 1.807) is 4.57 Å². The van der Waals surface area contributed by atoms with Crippen molar-refractivity contribution < 1.29 is 0 Å². The summed E-state index contributed by atoms with van der Waals surface area (Å²) in [7, 11) is 0. The van der Waals surface area contributed by atoms with Gasteiger partial charge in [0.25, 0.3) is 0 Å². The number of nitrogens with one attached hydrogen (secondary N) is 1. The summed E-state index contributed by atoms with van der Waals surface area (Å²) in [5, 5.41) is 0. The maximum absolute atomic E-state index is 12.7. The third kappa shape index (κ3) is 4.01. The Balaban J connectivity index is 1.63. The lowest BCUT2D eigenvalue weighted by Gasteiger charge is -2.37. The van der Waals surface area contributed by atoms with Crippen molar-refractivity contribution in [2.75, 3.05) is 0 Å². The van der Waals surface area contributed by atoms with E-state index in [9.17, 15) is 9.59 Å². The lowest BCUT2D eigenvalue weighted by Crippen LogP contribution is -2.45. The molecule has 2 aromatic rings. The molecule has 4 atom stereocenters. The second-order valence-corrected chi connectivity index (χ2v) is 8.50. The monoisotopic (exact) mass is 393 g/mol. The topological polar surface area (TPSA) is 58.1 Å². The number of nitrogens with zero attached hydrogens (tertiary/aromatic N) is 2. The molecule has 1 aliphatic carbocycles. The zero-order valence-electron chi connectivity index (χ0n) is 17.4. The van der Waals surface area contributed by atoms with E-state index in [0.717, 1.165) is 11.9 Å². The van der Waals surface area contributed by atoms with Gasteiger partial charge in [0.1, 0.15) is 0 Å². The van der Waals surface area contributed by atoms with Gasteiger partial charge in [-0.05, 0) is 51.7 Å². The van der Waals surface area contributed by atoms with E-state index in [1.165, 1.54) is 32.1 Å². The van der Waals surface area contributed by atoms with Crippen LogP contribution in [0.15, 0.2) is 58.2 Å². The quantitative estimate of drug-likeness (QED) is 0.627. The van der Waals surface area contributed by atoms with Gasteiger partial charge in [-0.25, -0.2) is 0 Å². The summed E-state index contributed by atoms with van der Waals surface area (Å²) in [5.74, 6) is 0. The molecule has 2 aliphatic rings. The van der Waals surface area contributed by atoms with Gasteiger partial charge in [-0.3, -0.25) is 19.1 Å². The van der Waals surface area contributed by atoms with Crippen LogP contribution in [0.1, 0.15) is 58.4 Å². The Hall–Kier alpha value is -2.40. The van der Waals surface area contributed by atoms with Gasteiger partial charge in [-0.2, -0.15) is 0 Å². The summed E-state index contributed by atoms with van der Waals surface area (Å²) in [6.45, 7) is 4.30. The Kier molecular flexibility index (Phi) is 5.86. The van der Waals surface area contributed by atoms with Gasteiger partial charge >= 0.3 is 11.1 Å². The average Bonchev–Trinajstić information content (AvgIpc) is 3.03. The lowest BCUT2D eigenvalue weighted by atomic mass is 9.98. The van der Waals surface area contributed by atoms with E-state index in [2.05, 4.69) is 48.0 Å². The van der Waals surface area contributed by atoms with E-state index >= 15 is 0 Å². The minimum absolute atomic E-state index is 0.0744. The highest BCUT2D eigenvalue weighted by Gasteiger charge is 2.32. The summed E-state index contributed by atoms with van der Waals surface area (Å²) in [6.07, 6.45) is 16.3. The Morgan fingerprint density at radius 3 is 2.79 bits per heavy atom.